The molecule has 3 atom stereocenters. The minimum atomic E-state index is -0.980. The Morgan fingerprint density at radius 2 is 1.60 bits per heavy atom. The van der Waals surface area contributed by atoms with Gasteiger partial charge in [-0.05, 0) is 41.3 Å². The summed E-state index contributed by atoms with van der Waals surface area (Å²) in [4.78, 5) is 35.1. The molecule has 2 heterocycles. The van der Waals surface area contributed by atoms with Crippen LogP contribution >= 0.6 is 0 Å². The van der Waals surface area contributed by atoms with Crippen molar-refractivity contribution >= 4 is 34.0 Å². The molecule has 6 rings (SSSR count). The smallest absolute Gasteiger partial charge is 0.266 e. The third-order valence-corrected chi connectivity index (χ3v) is 6.68. The highest BCUT2D eigenvalue weighted by atomic mass is 16.7. The van der Waals surface area contributed by atoms with Crippen LogP contribution in [0, 0.1) is 5.92 Å². The van der Waals surface area contributed by atoms with E-state index in [2.05, 4.69) is 0 Å². The largest absolute Gasteiger partial charge is 0.504 e. The molecule has 7 nitrogen and oxygen atoms in total. The number of amides is 2. The summed E-state index contributed by atoms with van der Waals surface area (Å²) in [5.41, 5.74) is 1.96. The zero-order chi connectivity index (χ0) is 24.1. The standard InChI is InChI=1S/C28H22N2O5/c1-34-23-16-18(14-15-22(23)31)25-24-26(35-30(25)19-10-3-2-4-11-19)28(33)29(27(24)32)21-13-7-9-17-8-5-6-12-20(17)21/h2-16,24-26,31H,1H3/t24-,25-,26+/m0/s1. The fourth-order valence-electron chi connectivity index (χ4n) is 5.07. The van der Waals surface area contributed by atoms with Crippen molar-refractivity contribution in [3.63, 3.8) is 0 Å². The Hall–Kier alpha value is -4.36. The van der Waals surface area contributed by atoms with E-state index in [9.17, 15) is 14.7 Å². The van der Waals surface area contributed by atoms with E-state index in [0.717, 1.165) is 16.5 Å². The van der Waals surface area contributed by atoms with Gasteiger partial charge in [-0.1, -0.05) is 60.7 Å². The quantitative estimate of drug-likeness (QED) is 0.443. The Morgan fingerprint density at radius 1 is 0.857 bits per heavy atom. The molecule has 2 amide bonds. The lowest BCUT2D eigenvalue weighted by atomic mass is 9.90. The lowest BCUT2D eigenvalue weighted by Crippen LogP contribution is -2.37. The number of benzene rings is 4. The van der Waals surface area contributed by atoms with E-state index in [1.807, 2.05) is 66.7 Å². The average Bonchev–Trinajstić information content (AvgIpc) is 3.40. The molecule has 7 heteroatoms. The summed E-state index contributed by atoms with van der Waals surface area (Å²) in [5.74, 6) is -1.24. The van der Waals surface area contributed by atoms with E-state index in [-0.39, 0.29) is 17.4 Å². The number of hydrogen-bond acceptors (Lipinski definition) is 6. The molecule has 2 saturated heterocycles. The molecule has 174 valence electrons. The zero-order valence-corrected chi connectivity index (χ0v) is 18.9. The minimum Gasteiger partial charge on any atom is -0.504 e. The third-order valence-electron chi connectivity index (χ3n) is 6.68. The molecule has 4 aromatic carbocycles. The SMILES string of the molecule is COc1cc([C@H]2[C@@H]3C(=O)N(c4cccc5ccccc45)C(=O)[C@@H]3ON2c2ccccc2)ccc1O. The van der Waals surface area contributed by atoms with E-state index in [1.165, 1.54) is 18.1 Å². The normalized spacial score (nSPS) is 21.6. The predicted molar refractivity (Wildman–Crippen MR) is 131 cm³/mol. The number of ether oxygens (including phenoxy) is 1. The van der Waals surface area contributed by atoms with E-state index in [4.69, 9.17) is 9.57 Å². The van der Waals surface area contributed by atoms with Crippen LogP contribution in [0.2, 0.25) is 0 Å². The van der Waals surface area contributed by atoms with Gasteiger partial charge in [0.25, 0.3) is 5.91 Å². The van der Waals surface area contributed by atoms with E-state index < -0.39 is 24.0 Å². The molecule has 2 fully saturated rings. The number of hydroxylamine groups is 1. The molecule has 1 N–H and O–H groups in total. The van der Waals surface area contributed by atoms with Crippen LogP contribution in [0.5, 0.6) is 11.5 Å². The summed E-state index contributed by atoms with van der Waals surface area (Å²) in [6, 6.07) is 26.9. The van der Waals surface area contributed by atoms with Gasteiger partial charge in [0.1, 0.15) is 5.92 Å². The van der Waals surface area contributed by atoms with Crippen LogP contribution in [0.25, 0.3) is 10.8 Å². The van der Waals surface area contributed by atoms with E-state index >= 15 is 0 Å². The maximum Gasteiger partial charge on any atom is 0.266 e. The maximum absolute atomic E-state index is 13.9. The first-order chi connectivity index (χ1) is 17.1. The lowest BCUT2D eigenvalue weighted by Gasteiger charge is -2.29. The number of methoxy groups -OCH3 is 1. The zero-order valence-electron chi connectivity index (χ0n) is 18.9. The van der Waals surface area contributed by atoms with Crippen molar-refractivity contribution in [3.8, 4) is 11.5 Å². The Labute approximate surface area is 201 Å². The molecular weight excluding hydrogens is 444 g/mol. The van der Waals surface area contributed by atoms with Crippen molar-refractivity contribution in [1.82, 2.24) is 0 Å². The number of imide groups is 1. The first kappa shape index (κ1) is 21.2. The molecule has 35 heavy (non-hydrogen) atoms. The van der Waals surface area contributed by atoms with Crippen molar-refractivity contribution in [3.05, 3.63) is 96.6 Å². The van der Waals surface area contributed by atoms with Gasteiger partial charge >= 0.3 is 0 Å². The lowest BCUT2D eigenvalue weighted by molar-refractivity contribution is -0.126. The first-order valence-electron chi connectivity index (χ1n) is 11.3. The molecular formula is C28H22N2O5. The summed E-state index contributed by atoms with van der Waals surface area (Å²) in [5, 5.41) is 13.5. The van der Waals surface area contributed by atoms with Crippen LogP contribution in [0.4, 0.5) is 11.4 Å². The Bertz CT molecular complexity index is 1450. The van der Waals surface area contributed by atoms with Crippen LogP contribution in [0.3, 0.4) is 0 Å². The van der Waals surface area contributed by atoms with Crippen LogP contribution in [-0.2, 0) is 14.4 Å². The van der Waals surface area contributed by atoms with Crippen molar-refractivity contribution in [1.29, 1.82) is 0 Å². The van der Waals surface area contributed by atoms with Crippen molar-refractivity contribution in [2.24, 2.45) is 5.92 Å². The fourth-order valence-corrected chi connectivity index (χ4v) is 5.07. The van der Waals surface area contributed by atoms with Gasteiger partial charge in [0.2, 0.25) is 5.91 Å². The van der Waals surface area contributed by atoms with Gasteiger partial charge in [-0.15, -0.1) is 0 Å². The van der Waals surface area contributed by atoms with Gasteiger partial charge in [-0.25, -0.2) is 9.96 Å². The highest BCUT2D eigenvalue weighted by Gasteiger charge is 2.60. The summed E-state index contributed by atoms with van der Waals surface area (Å²) < 4.78 is 5.31. The second-order valence-electron chi connectivity index (χ2n) is 8.60. The topological polar surface area (TPSA) is 79.3 Å². The molecule has 0 saturated carbocycles. The van der Waals surface area contributed by atoms with Crippen LogP contribution in [-0.4, -0.2) is 30.1 Å². The molecule has 0 spiro atoms. The van der Waals surface area contributed by atoms with Gasteiger partial charge in [0, 0.05) is 5.39 Å². The number of para-hydroxylation sites is 1. The average molecular weight is 466 g/mol. The number of anilines is 2. The number of phenols is 1. The van der Waals surface area contributed by atoms with Gasteiger partial charge in [0.15, 0.2) is 17.6 Å². The molecule has 2 aliphatic rings. The summed E-state index contributed by atoms with van der Waals surface area (Å²) in [6.07, 6.45) is -0.980. The molecule has 0 aromatic heterocycles. The van der Waals surface area contributed by atoms with Gasteiger partial charge < -0.3 is 9.84 Å². The summed E-state index contributed by atoms with van der Waals surface area (Å²) in [6.45, 7) is 0. The number of carbonyl (C=O) groups excluding carboxylic acids is 2. The van der Waals surface area contributed by atoms with Crippen LogP contribution in [0.15, 0.2) is 91.0 Å². The van der Waals surface area contributed by atoms with Crippen molar-refractivity contribution < 1.29 is 24.3 Å². The van der Waals surface area contributed by atoms with Crippen molar-refractivity contribution in [2.45, 2.75) is 12.1 Å². The summed E-state index contributed by atoms with van der Waals surface area (Å²) in [7, 11) is 1.47. The number of hydrogen-bond donors (Lipinski definition) is 1. The second kappa shape index (κ2) is 8.14. The Morgan fingerprint density at radius 3 is 2.40 bits per heavy atom. The molecule has 2 aliphatic heterocycles. The molecule has 0 aliphatic carbocycles. The van der Waals surface area contributed by atoms with Gasteiger partial charge in [-0.2, -0.15) is 0 Å². The van der Waals surface area contributed by atoms with Crippen molar-refractivity contribution in [2.75, 3.05) is 17.1 Å². The Kier molecular flexibility index (Phi) is 4.93. The van der Waals surface area contributed by atoms with E-state index in [0.29, 0.717) is 11.3 Å². The number of fused-ring (bicyclic) bond motifs is 2. The monoisotopic (exact) mass is 466 g/mol. The predicted octanol–water partition coefficient (Wildman–Crippen LogP) is 4.61. The third kappa shape index (κ3) is 3.24. The fraction of sp³-hybridized carbons (Fsp3) is 0.143. The first-order valence-corrected chi connectivity index (χ1v) is 11.3. The highest BCUT2D eigenvalue weighted by molar-refractivity contribution is 6.26. The van der Waals surface area contributed by atoms with Gasteiger partial charge in [-0.3, -0.25) is 14.4 Å². The highest BCUT2D eigenvalue weighted by Crippen LogP contribution is 2.49. The number of rotatable bonds is 4. The Balaban J connectivity index is 1.48. The maximum atomic E-state index is 13.9. The molecule has 4 aromatic rings. The van der Waals surface area contributed by atoms with Crippen LogP contribution < -0.4 is 14.7 Å². The van der Waals surface area contributed by atoms with Crippen LogP contribution in [0.1, 0.15) is 11.6 Å². The minimum absolute atomic E-state index is 0.0100. The number of aromatic hydroxyl groups is 1. The number of phenolic OH excluding ortho intramolecular Hbond substituents is 1. The molecule has 0 bridgehead atoms. The number of carbonyl (C=O) groups is 2. The van der Waals surface area contributed by atoms with E-state index in [1.54, 1.807) is 23.3 Å². The molecule has 0 radical (unpaired) electrons. The summed E-state index contributed by atoms with van der Waals surface area (Å²) >= 11 is 0. The second-order valence-corrected chi connectivity index (χ2v) is 8.60. The number of nitrogens with zero attached hydrogens (tertiary/aromatic N) is 2. The molecule has 0 unspecified atom stereocenters. The van der Waals surface area contributed by atoms with Gasteiger partial charge in [0.05, 0.1) is 24.5 Å².